The van der Waals surface area contributed by atoms with Crippen LogP contribution in [0.25, 0.3) is 0 Å². The summed E-state index contributed by atoms with van der Waals surface area (Å²) in [6.07, 6.45) is -0.761. The fourth-order valence-corrected chi connectivity index (χ4v) is 3.50. The van der Waals surface area contributed by atoms with Gasteiger partial charge in [-0.05, 0) is 59.7 Å². The van der Waals surface area contributed by atoms with E-state index in [-0.39, 0.29) is 12.2 Å². The van der Waals surface area contributed by atoms with Crippen LogP contribution < -0.4 is 18.9 Å². The van der Waals surface area contributed by atoms with Gasteiger partial charge in [-0.2, -0.15) is 0 Å². The van der Waals surface area contributed by atoms with E-state index in [1.807, 2.05) is 84.9 Å². The monoisotopic (exact) mass is 426 g/mol. The van der Waals surface area contributed by atoms with Crippen LogP contribution >= 0.6 is 0 Å². The summed E-state index contributed by atoms with van der Waals surface area (Å²) in [6, 6.07) is 35.4. The van der Waals surface area contributed by atoms with Gasteiger partial charge in [0.25, 0.3) is 0 Å². The van der Waals surface area contributed by atoms with Crippen molar-refractivity contribution in [1.29, 1.82) is 0 Å². The first-order valence-corrected chi connectivity index (χ1v) is 10.5. The maximum Gasteiger partial charge on any atom is 0.165 e. The molecule has 0 saturated carbocycles. The number of hydrogen-bond acceptors (Lipinski definition) is 4. The maximum absolute atomic E-state index is 6.53. The predicted octanol–water partition coefficient (Wildman–Crippen LogP) is 6.64. The molecule has 0 aliphatic rings. The lowest BCUT2D eigenvalue weighted by Gasteiger charge is -2.29. The minimum absolute atomic E-state index is 0.380. The first-order valence-electron chi connectivity index (χ1n) is 10.5. The summed E-state index contributed by atoms with van der Waals surface area (Å²) in [6.45, 7) is 0. The minimum Gasteiger partial charge on any atom is -0.497 e. The van der Waals surface area contributed by atoms with Gasteiger partial charge in [-0.15, -0.1) is 0 Å². The van der Waals surface area contributed by atoms with Crippen molar-refractivity contribution in [3.05, 3.63) is 120 Å². The van der Waals surface area contributed by atoms with E-state index >= 15 is 0 Å². The zero-order valence-electron chi connectivity index (χ0n) is 18.2. The van der Waals surface area contributed by atoms with E-state index < -0.39 is 0 Å². The molecule has 32 heavy (non-hydrogen) atoms. The molecule has 2 atom stereocenters. The number of benzene rings is 4. The standard InChI is InChI=1S/C28H26O4/c1-29-23-13-17-25(18-14-23)31-27(21-9-5-3-6-10-21)28(22-11-7-4-8-12-22)32-26-19-15-24(30-2)16-20-26/h3-20,27-28H,1-2H3. The van der Waals surface area contributed by atoms with E-state index in [9.17, 15) is 0 Å². The quantitative estimate of drug-likeness (QED) is 0.300. The van der Waals surface area contributed by atoms with Crippen molar-refractivity contribution in [1.82, 2.24) is 0 Å². The zero-order valence-corrected chi connectivity index (χ0v) is 18.2. The fraction of sp³-hybridized carbons (Fsp3) is 0.143. The highest BCUT2D eigenvalue weighted by molar-refractivity contribution is 5.35. The Labute approximate surface area is 189 Å². The van der Waals surface area contributed by atoms with Crippen LogP contribution in [0.4, 0.5) is 0 Å². The number of hydrogen-bond donors (Lipinski definition) is 0. The minimum atomic E-state index is -0.380. The summed E-state index contributed by atoms with van der Waals surface area (Å²) < 4.78 is 23.6. The lowest BCUT2D eigenvalue weighted by Crippen LogP contribution is -2.22. The Morgan fingerprint density at radius 1 is 0.406 bits per heavy atom. The lowest BCUT2D eigenvalue weighted by atomic mass is 9.97. The van der Waals surface area contributed by atoms with Crippen LogP contribution in [0.3, 0.4) is 0 Å². The number of ether oxygens (including phenoxy) is 4. The third-order valence-electron chi connectivity index (χ3n) is 5.18. The molecule has 0 spiro atoms. The van der Waals surface area contributed by atoms with Gasteiger partial charge in [-0.25, -0.2) is 0 Å². The van der Waals surface area contributed by atoms with Crippen LogP contribution in [-0.2, 0) is 0 Å². The average Bonchev–Trinajstić information content (AvgIpc) is 2.88. The Balaban J connectivity index is 1.72. The van der Waals surface area contributed by atoms with Gasteiger partial charge in [0.2, 0.25) is 0 Å². The molecule has 4 aromatic rings. The highest BCUT2D eigenvalue weighted by Crippen LogP contribution is 2.37. The van der Waals surface area contributed by atoms with Gasteiger partial charge < -0.3 is 18.9 Å². The molecule has 0 aliphatic carbocycles. The molecule has 4 nitrogen and oxygen atoms in total. The molecule has 2 unspecified atom stereocenters. The largest absolute Gasteiger partial charge is 0.497 e. The predicted molar refractivity (Wildman–Crippen MR) is 126 cm³/mol. The Hall–Kier alpha value is -3.92. The van der Waals surface area contributed by atoms with Gasteiger partial charge in [-0.3, -0.25) is 0 Å². The Morgan fingerprint density at radius 2 is 0.719 bits per heavy atom. The highest BCUT2D eigenvalue weighted by atomic mass is 16.5. The van der Waals surface area contributed by atoms with Crippen molar-refractivity contribution in [2.45, 2.75) is 12.2 Å². The number of methoxy groups -OCH3 is 2. The van der Waals surface area contributed by atoms with Gasteiger partial charge in [0, 0.05) is 0 Å². The normalized spacial score (nSPS) is 12.4. The van der Waals surface area contributed by atoms with Crippen molar-refractivity contribution in [2.24, 2.45) is 0 Å². The van der Waals surface area contributed by atoms with Crippen LogP contribution in [0, 0.1) is 0 Å². The van der Waals surface area contributed by atoms with Crippen molar-refractivity contribution >= 4 is 0 Å². The Bertz CT molecular complexity index is 987. The van der Waals surface area contributed by atoms with E-state index in [2.05, 4.69) is 24.3 Å². The van der Waals surface area contributed by atoms with Crippen molar-refractivity contribution in [3.63, 3.8) is 0 Å². The Kier molecular flexibility index (Phi) is 6.93. The molecule has 0 aromatic heterocycles. The molecule has 4 rings (SSSR count). The van der Waals surface area contributed by atoms with Gasteiger partial charge in [0.1, 0.15) is 23.0 Å². The first-order chi connectivity index (χ1) is 15.8. The van der Waals surface area contributed by atoms with Crippen LogP contribution in [-0.4, -0.2) is 14.2 Å². The van der Waals surface area contributed by atoms with E-state index in [0.717, 1.165) is 34.1 Å². The third kappa shape index (κ3) is 5.22. The third-order valence-corrected chi connectivity index (χ3v) is 5.18. The van der Waals surface area contributed by atoms with Crippen molar-refractivity contribution < 1.29 is 18.9 Å². The summed E-state index contributed by atoms with van der Waals surface area (Å²) in [5.41, 5.74) is 2.04. The lowest BCUT2D eigenvalue weighted by molar-refractivity contribution is 0.0523. The SMILES string of the molecule is COc1ccc(OC(c2ccccc2)C(Oc2ccc(OC)cc2)c2ccccc2)cc1. The summed E-state index contributed by atoms with van der Waals surface area (Å²) >= 11 is 0. The van der Waals surface area contributed by atoms with E-state index in [1.54, 1.807) is 14.2 Å². The van der Waals surface area contributed by atoms with Gasteiger partial charge in [0.05, 0.1) is 14.2 Å². The molecule has 0 amide bonds. The molecule has 0 N–H and O–H groups in total. The zero-order chi connectivity index (χ0) is 22.2. The van der Waals surface area contributed by atoms with Crippen LogP contribution in [0.2, 0.25) is 0 Å². The van der Waals surface area contributed by atoms with Gasteiger partial charge in [0.15, 0.2) is 12.2 Å². The van der Waals surface area contributed by atoms with E-state index in [0.29, 0.717) is 0 Å². The van der Waals surface area contributed by atoms with Crippen molar-refractivity contribution in [2.75, 3.05) is 14.2 Å². The van der Waals surface area contributed by atoms with Crippen LogP contribution in [0.1, 0.15) is 23.3 Å². The summed E-state index contributed by atoms with van der Waals surface area (Å²) in [5, 5.41) is 0. The first kappa shape index (κ1) is 21.3. The summed E-state index contributed by atoms with van der Waals surface area (Å²) in [5.74, 6) is 3.03. The summed E-state index contributed by atoms with van der Waals surface area (Å²) in [7, 11) is 3.30. The van der Waals surface area contributed by atoms with Crippen molar-refractivity contribution in [3.8, 4) is 23.0 Å². The van der Waals surface area contributed by atoms with Gasteiger partial charge >= 0.3 is 0 Å². The molecule has 4 heteroatoms. The molecular formula is C28H26O4. The van der Waals surface area contributed by atoms with Crippen LogP contribution in [0.15, 0.2) is 109 Å². The van der Waals surface area contributed by atoms with Gasteiger partial charge in [-0.1, -0.05) is 60.7 Å². The maximum atomic E-state index is 6.53. The molecule has 0 saturated heterocycles. The molecule has 0 aliphatic heterocycles. The molecular weight excluding hydrogens is 400 g/mol. The molecule has 0 bridgehead atoms. The smallest absolute Gasteiger partial charge is 0.165 e. The average molecular weight is 427 g/mol. The molecule has 0 fully saturated rings. The second-order valence-electron chi connectivity index (χ2n) is 7.25. The molecule has 0 heterocycles. The van der Waals surface area contributed by atoms with Crippen LogP contribution in [0.5, 0.6) is 23.0 Å². The Morgan fingerprint density at radius 3 is 1.03 bits per heavy atom. The molecule has 4 aromatic carbocycles. The van der Waals surface area contributed by atoms with E-state index in [4.69, 9.17) is 18.9 Å². The molecule has 162 valence electrons. The summed E-state index contributed by atoms with van der Waals surface area (Å²) in [4.78, 5) is 0. The highest BCUT2D eigenvalue weighted by Gasteiger charge is 2.29. The van der Waals surface area contributed by atoms with E-state index in [1.165, 1.54) is 0 Å². The second kappa shape index (κ2) is 10.4. The molecule has 0 radical (unpaired) electrons. The second-order valence-corrected chi connectivity index (χ2v) is 7.25. The fourth-order valence-electron chi connectivity index (χ4n) is 3.50. The number of rotatable bonds is 9. The topological polar surface area (TPSA) is 36.9 Å².